The van der Waals surface area contributed by atoms with Gasteiger partial charge in [0.2, 0.25) is 0 Å². The Bertz CT molecular complexity index is 451. The van der Waals surface area contributed by atoms with Crippen molar-refractivity contribution in [1.29, 1.82) is 0 Å². The highest BCUT2D eigenvalue weighted by atomic mass is 16.6. The molecule has 1 atom stereocenters. The van der Waals surface area contributed by atoms with Gasteiger partial charge in [0.05, 0.1) is 5.69 Å². The summed E-state index contributed by atoms with van der Waals surface area (Å²) in [6, 6.07) is 5.98. The van der Waals surface area contributed by atoms with Crippen LogP contribution in [-0.4, -0.2) is 18.4 Å². The van der Waals surface area contributed by atoms with E-state index in [1.807, 2.05) is 12.1 Å². The van der Waals surface area contributed by atoms with Gasteiger partial charge < -0.3 is 4.84 Å². The third-order valence-electron chi connectivity index (χ3n) is 2.52. The minimum atomic E-state index is 0.00333. The van der Waals surface area contributed by atoms with Crippen LogP contribution < -0.4 is 0 Å². The summed E-state index contributed by atoms with van der Waals surface area (Å²) in [6.07, 6.45) is 0. The zero-order valence-electron chi connectivity index (χ0n) is 7.77. The molecule has 2 aliphatic rings. The van der Waals surface area contributed by atoms with E-state index in [4.69, 9.17) is 4.84 Å². The Morgan fingerprint density at radius 3 is 3.29 bits per heavy atom. The van der Waals surface area contributed by atoms with E-state index in [-0.39, 0.29) is 6.04 Å². The second kappa shape index (κ2) is 2.64. The van der Waals surface area contributed by atoms with Gasteiger partial charge in [-0.1, -0.05) is 17.3 Å². The molecular formula is C10H9N3O. The molecule has 0 spiro atoms. The van der Waals surface area contributed by atoms with Crippen molar-refractivity contribution in [3.63, 3.8) is 0 Å². The first-order valence-electron chi connectivity index (χ1n) is 4.57. The molecule has 1 aromatic rings. The Morgan fingerprint density at radius 2 is 2.36 bits per heavy atom. The number of fused-ring (bicyclic) bond motifs is 3. The highest BCUT2D eigenvalue weighted by Gasteiger charge is 2.30. The van der Waals surface area contributed by atoms with Gasteiger partial charge in [0.15, 0.2) is 6.04 Å². The summed E-state index contributed by atoms with van der Waals surface area (Å²) < 4.78 is 0. The van der Waals surface area contributed by atoms with E-state index in [9.17, 15) is 0 Å². The largest absolute Gasteiger partial charge is 0.393 e. The Kier molecular flexibility index (Phi) is 1.45. The van der Waals surface area contributed by atoms with Crippen molar-refractivity contribution in [3.8, 4) is 0 Å². The average molecular weight is 187 g/mol. The first-order valence-corrected chi connectivity index (χ1v) is 4.57. The highest BCUT2D eigenvalue weighted by Crippen LogP contribution is 2.31. The molecule has 1 aromatic carbocycles. The van der Waals surface area contributed by atoms with Crippen molar-refractivity contribution < 1.29 is 4.84 Å². The molecule has 4 heteroatoms. The first kappa shape index (κ1) is 7.67. The Labute approximate surface area is 81.3 Å². The van der Waals surface area contributed by atoms with Gasteiger partial charge in [0, 0.05) is 5.56 Å². The fourth-order valence-electron chi connectivity index (χ4n) is 1.82. The summed E-state index contributed by atoms with van der Waals surface area (Å²) in [5.41, 5.74) is 4.08. The van der Waals surface area contributed by atoms with E-state index in [1.54, 1.807) is 0 Å². The lowest BCUT2D eigenvalue weighted by molar-refractivity contribution is 0.166. The van der Waals surface area contributed by atoms with Gasteiger partial charge in [-0.3, -0.25) is 0 Å². The van der Waals surface area contributed by atoms with Crippen LogP contribution in [0.3, 0.4) is 0 Å². The van der Waals surface area contributed by atoms with Crippen LogP contribution in [0.15, 0.2) is 33.6 Å². The van der Waals surface area contributed by atoms with Gasteiger partial charge in [-0.15, -0.1) is 0 Å². The molecule has 2 aliphatic heterocycles. The van der Waals surface area contributed by atoms with Crippen LogP contribution >= 0.6 is 0 Å². The van der Waals surface area contributed by atoms with Gasteiger partial charge in [-0.25, -0.2) is 0 Å². The summed E-state index contributed by atoms with van der Waals surface area (Å²) in [5.74, 6) is 0. The van der Waals surface area contributed by atoms with Crippen LogP contribution in [0.25, 0.3) is 0 Å². The Hall–Kier alpha value is -1.71. The number of hydrogen-bond donors (Lipinski definition) is 0. The topological polar surface area (TPSA) is 46.3 Å². The zero-order chi connectivity index (χ0) is 9.54. The average Bonchev–Trinajstić information content (AvgIpc) is 2.65. The summed E-state index contributed by atoms with van der Waals surface area (Å²) in [5, 5.41) is 12.3. The molecule has 0 N–H and O–H groups in total. The maximum absolute atomic E-state index is 5.04. The number of nitrogens with zero attached hydrogens (tertiary/aromatic N) is 3. The molecule has 0 saturated heterocycles. The molecule has 0 saturated carbocycles. The summed E-state index contributed by atoms with van der Waals surface area (Å²) >= 11 is 0. The van der Waals surface area contributed by atoms with Crippen LogP contribution in [0.2, 0.25) is 0 Å². The maximum Gasteiger partial charge on any atom is 0.154 e. The first-order chi connectivity index (χ1) is 6.86. The number of benzene rings is 1. The number of oxime groups is 1. The molecule has 70 valence electrons. The molecule has 0 radical (unpaired) electrons. The van der Waals surface area contributed by atoms with Gasteiger partial charge >= 0.3 is 0 Å². The third kappa shape index (κ3) is 0.907. The molecule has 4 nitrogen and oxygen atoms in total. The molecule has 14 heavy (non-hydrogen) atoms. The SMILES string of the molecule is Cc1cccc2c1C1=NOCC1N=N2. The molecule has 0 amide bonds. The van der Waals surface area contributed by atoms with Gasteiger partial charge in [-0.05, 0) is 18.6 Å². The second-order valence-electron chi connectivity index (χ2n) is 3.47. The number of hydrogen-bond acceptors (Lipinski definition) is 4. The number of rotatable bonds is 0. The molecular weight excluding hydrogens is 178 g/mol. The van der Waals surface area contributed by atoms with Crippen molar-refractivity contribution in [2.24, 2.45) is 15.4 Å². The van der Waals surface area contributed by atoms with Crippen molar-refractivity contribution >= 4 is 11.4 Å². The number of aryl methyl sites for hydroxylation is 1. The zero-order valence-corrected chi connectivity index (χ0v) is 7.77. The summed E-state index contributed by atoms with van der Waals surface area (Å²) in [6.45, 7) is 2.57. The predicted molar refractivity (Wildman–Crippen MR) is 52.0 cm³/mol. The van der Waals surface area contributed by atoms with E-state index in [0.717, 1.165) is 17.0 Å². The van der Waals surface area contributed by atoms with Crippen molar-refractivity contribution in [3.05, 3.63) is 29.3 Å². The van der Waals surface area contributed by atoms with E-state index < -0.39 is 0 Å². The molecule has 2 heterocycles. The van der Waals surface area contributed by atoms with E-state index in [1.165, 1.54) is 5.56 Å². The minimum absolute atomic E-state index is 0.00333. The molecule has 0 aliphatic carbocycles. The van der Waals surface area contributed by atoms with Crippen LogP contribution in [-0.2, 0) is 4.84 Å². The molecule has 0 bridgehead atoms. The minimum Gasteiger partial charge on any atom is -0.393 e. The lowest BCUT2D eigenvalue weighted by atomic mass is 9.97. The van der Waals surface area contributed by atoms with Crippen molar-refractivity contribution in [2.45, 2.75) is 13.0 Å². The maximum atomic E-state index is 5.04. The monoisotopic (exact) mass is 187 g/mol. The van der Waals surface area contributed by atoms with Gasteiger partial charge in [0.1, 0.15) is 12.3 Å². The van der Waals surface area contributed by atoms with E-state index in [2.05, 4.69) is 28.4 Å². The van der Waals surface area contributed by atoms with E-state index >= 15 is 0 Å². The highest BCUT2D eigenvalue weighted by molar-refractivity contribution is 6.10. The van der Waals surface area contributed by atoms with Crippen molar-refractivity contribution in [2.75, 3.05) is 6.61 Å². The smallest absolute Gasteiger partial charge is 0.154 e. The lowest BCUT2D eigenvalue weighted by Crippen LogP contribution is -2.21. The van der Waals surface area contributed by atoms with Crippen LogP contribution in [0.1, 0.15) is 11.1 Å². The van der Waals surface area contributed by atoms with Crippen LogP contribution in [0.5, 0.6) is 0 Å². The summed E-state index contributed by atoms with van der Waals surface area (Å²) in [7, 11) is 0. The standard InChI is InChI=1S/C10H9N3O/c1-6-3-2-4-7-9(6)10-8(12-11-7)5-14-13-10/h2-4,8H,5H2,1H3. The van der Waals surface area contributed by atoms with Crippen molar-refractivity contribution in [1.82, 2.24) is 0 Å². The normalized spacial score (nSPS) is 22.4. The van der Waals surface area contributed by atoms with Gasteiger partial charge in [-0.2, -0.15) is 10.2 Å². The fraction of sp³-hybridized carbons (Fsp3) is 0.300. The van der Waals surface area contributed by atoms with Gasteiger partial charge in [0.25, 0.3) is 0 Å². The second-order valence-corrected chi connectivity index (χ2v) is 3.47. The summed E-state index contributed by atoms with van der Waals surface area (Å²) in [4.78, 5) is 5.04. The van der Waals surface area contributed by atoms with Crippen LogP contribution in [0.4, 0.5) is 5.69 Å². The molecule has 1 unspecified atom stereocenters. The Balaban J connectivity index is 2.27. The van der Waals surface area contributed by atoms with Crippen LogP contribution in [0, 0.1) is 6.92 Å². The Morgan fingerprint density at radius 1 is 1.43 bits per heavy atom. The number of azo groups is 1. The molecule has 0 fully saturated rings. The molecule has 3 rings (SSSR count). The predicted octanol–water partition coefficient (Wildman–Crippen LogP) is 2.20. The molecule has 0 aromatic heterocycles. The fourth-order valence-corrected chi connectivity index (χ4v) is 1.82. The van der Waals surface area contributed by atoms with E-state index in [0.29, 0.717) is 6.61 Å². The lowest BCUT2D eigenvalue weighted by Gasteiger charge is -2.14. The quantitative estimate of drug-likeness (QED) is 0.614. The third-order valence-corrected chi connectivity index (χ3v) is 2.52.